The Hall–Kier alpha value is -2.14. The average molecular weight is 388 g/mol. The van der Waals surface area contributed by atoms with Gasteiger partial charge in [-0.3, -0.25) is 4.79 Å². The van der Waals surface area contributed by atoms with Crippen LogP contribution in [0.4, 0.5) is 0 Å². The number of aryl methyl sites for hydroxylation is 3. The molecular formula is C21H26ClN3O2. The zero-order valence-electron chi connectivity index (χ0n) is 15.9. The second-order valence-corrected chi connectivity index (χ2v) is 7.66. The summed E-state index contributed by atoms with van der Waals surface area (Å²) in [7, 11) is 0. The molecule has 0 atom stereocenters. The Morgan fingerprint density at radius 1 is 1.15 bits per heavy atom. The molecule has 6 heteroatoms. The van der Waals surface area contributed by atoms with Crippen molar-refractivity contribution in [1.82, 2.24) is 15.3 Å². The summed E-state index contributed by atoms with van der Waals surface area (Å²) in [5, 5.41) is 3.86. The molecule has 0 aliphatic heterocycles. The Labute approximate surface area is 165 Å². The van der Waals surface area contributed by atoms with Crippen molar-refractivity contribution >= 4 is 17.5 Å². The SMILES string of the molecule is Cc1cc(C)nc(OC2CCC(NC(=O)CCc3cccc(Cl)c3)CC2)n1. The van der Waals surface area contributed by atoms with E-state index in [4.69, 9.17) is 16.3 Å². The number of benzene rings is 1. The minimum absolute atomic E-state index is 0.0944. The Morgan fingerprint density at radius 2 is 1.85 bits per heavy atom. The molecule has 1 aromatic carbocycles. The molecule has 0 bridgehead atoms. The molecule has 2 aromatic rings. The number of carbonyl (C=O) groups is 1. The van der Waals surface area contributed by atoms with Crippen LogP contribution in [0.2, 0.25) is 5.02 Å². The normalized spacial score (nSPS) is 19.5. The van der Waals surface area contributed by atoms with Crippen LogP contribution in [-0.4, -0.2) is 28.0 Å². The third-order valence-electron chi connectivity index (χ3n) is 4.80. The van der Waals surface area contributed by atoms with Crippen LogP contribution in [0.1, 0.15) is 49.1 Å². The summed E-state index contributed by atoms with van der Waals surface area (Å²) in [6, 6.07) is 10.3. The standard InChI is InChI=1S/C21H26ClN3O2/c1-14-12-15(2)24-21(23-14)27-19-9-7-18(8-10-19)25-20(26)11-6-16-4-3-5-17(22)13-16/h3-5,12-13,18-19H,6-11H2,1-2H3,(H,25,26). The van der Waals surface area contributed by atoms with Gasteiger partial charge in [0.2, 0.25) is 5.91 Å². The average Bonchev–Trinajstić information content (AvgIpc) is 2.61. The highest BCUT2D eigenvalue weighted by atomic mass is 35.5. The summed E-state index contributed by atoms with van der Waals surface area (Å²) < 4.78 is 5.94. The molecule has 1 N–H and O–H groups in total. The number of nitrogens with zero attached hydrogens (tertiary/aromatic N) is 2. The fourth-order valence-electron chi connectivity index (χ4n) is 3.47. The second-order valence-electron chi connectivity index (χ2n) is 7.22. The number of amides is 1. The predicted octanol–water partition coefficient (Wildman–Crippen LogP) is 4.19. The summed E-state index contributed by atoms with van der Waals surface area (Å²) in [5.74, 6) is 0.0944. The fourth-order valence-corrected chi connectivity index (χ4v) is 3.68. The van der Waals surface area contributed by atoms with Gasteiger partial charge in [-0.15, -0.1) is 0 Å². The first-order valence-corrected chi connectivity index (χ1v) is 9.88. The van der Waals surface area contributed by atoms with E-state index in [1.165, 1.54) is 0 Å². The van der Waals surface area contributed by atoms with Crippen LogP contribution in [-0.2, 0) is 11.2 Å². The number of carbonyl (C=O) groups excluding carboxylic acids is 1. The van der Waals surface area contributed by atoms with Gasteiger partial charge in [-0.2, -0.15) is 0 Å². The topological polar surface area (TPSA) is 64.1 Å². The zero-order chi connectivity index (χ0) is 19.2. The summed E-state index contributed by atoms with van der Waals surface area (Å²) in [6.07, 6.45) is 4.93. The molecule has 0 unspecified atom stereocenters. The van der Waals surface area contributed by atoms with E-state index < -0.39 is 0 Å². The molecule has 0 spiro atoms. The van der Waals surface area contributed by atoms with E-state index >= 15 is 0 Å². The van der Waals surface area contributed by atoms with Gasteiger partial charge < -0.3 is 10.1 Å². The largest absolute Gasteiger partial charge is 0.460 e. The van der Waals surface area contributed by atoms with Crippen molar-refractivity contribution in [2.75, 3.05) is 0 Å². The molecule has 27 heavy (non-hydrogen) atoms. The molecule has 1 aliphatic carbocycles. The summed E-state index contributed by atoms with van der Waals surface area (Å²) in [4.78, 5) is 20.9. The zero-order valence-corrected chi connectivity index (χ0v) is 16.6. The van der Waals surface area contributed by atoms with E-state index in [1.54, 1.807) is 0 Å². The monoisotopic (exact) mass is 387 g/mol. The summed E-state index contributed by atoms with van der Waals surface area (Å²) in [5.41, 5.74) is 2.92. The Balaban J connectivity index is 1.40. The molecule has 144 valence electrons. The van der Waals surface area contributed by atoms with Gasteiger partial charge in [0.25, 0.3) is 0 Å². The van der Waals surface area contributed by atoms with Gasteiger partial charge >= 0.3 is 6.01 Å². The Kier molecular flexibility index (Phi) is 6.67. The van der Waals surface area contributed by atoms with Crippen molar-refractivity contribution < 1.29 is 9.53 Å². The van der Waals surface area contributed by atoms with E-state index in [0.717, 1.165) is 42.6 Å². The van der Waals surface area contributed by atoms with Crippen molar-refractivity contribution in [3.8, 4) is 6.01 Å². The number of ether oxygens (including phenoxy) is 1. The first-order chi connectivity index (χ1) is 13.0. The van der Waals surface area contributed by atoms with Crippen LogP contribution in [0, 0.1) is 13.8 Å². The minimum Gasteiger partial charge on any atom is -0.460 e. The second kappa shape index (κ2) is 9.18. The van der Waals surface area contributed by atoms with Gasteiger partial charge in [-0.25, -0.2) is 9.97 Å². The van der Waals surface area contributed by atoms with Crippen LogP contribution in [0.25, 0.3) is 0 Å². The summed E-state index contributed by atoms with van der Waals surface area (Å²) in [6.45, 7) is 3.88. The van der Waals surface area contributed by atoms with Crippen molar-refractivity contribution in [3.05, 3.63) is 52.3 Å². The lowest BCUT2D eigenvalue weighted by Gasteiger charge is -2.29. The predicted molar refractivity (Wildman–Crippen MR) is 106 cm³/mol. The quantitative estimate of drug-likeness (QED) is 0.807. The summed E-state index contributed by atoms with van der Waals surface area (Å²) >= 11 is 5.98. The van der Waals surface area contributed by atoms with E-state index in [9.17, 15) is 4.79 Å². The molecule has 1 fully saturated rings. The Morgan fingerprint density at radius 3 is 2.52 bits per heavy atom. The molecule has 5 nitrogen and oxygen atoms in total. The number of aromatic nitrogens is 2. The van der Waals surface area contributed by atoms with Gasteiger partial charge in [0.05, 0.1) is 0 Å². The van der Waals surface area contributed by atoms with Gasteiger partial charge in [-0.1, -0.05) is 23.7 Å². The number of nitrogens with one attached hydrogen (secondary N) is 1. The first-order valence-electron chi connectivity index (χ1n) is 9.50. The van der Waals surface area contributed by atoms with Crippen LogP contribution in [0.3, 0.4) is 0 Å². The molecule has 1 aliphatic rings. The van der Waals surface area contributed by atoms with Crippen molar-refractivity contribution in [1.29, 1.82) is 0 Å². The molecule has 0 radical (unpaired) electrons. The number of halogens is 1. The molecule has 1 saturated carbocycles. The highest BCUT2D eigenvalue weighted by Crippen LogP contribution is 2.23. The number of hydrogen-bond acceptors (Lipinski definition) is 4. The first kappa shape index (κ1) is 19.6. The molecule has 1 heterocycles. The van der Waals surface area contributed by atoms with Crippen molar-refractivity contribution in [2.24, 2.45) is 0 Å². The maximum Gasteiger partial charge on any atom is 0.317 e. The molecule has 1 amide bonds. The molecule has 1 aromatic heterocycles. The number of rotatable bonds is 6. The third kappa shape index (κ3) is 6.21. The van der Waals surface area contributed by atoms with Gasteiger partial charge in [0.15, 0.2) is 0 Å². The fraction of sp³-hybridized carbons (Fsp3) is 0.476. The maximum atomic E-state index is 12.2. The maximum absolute atomic E-state index is 12.2. The van der Waals surface area contributed by atoms with Crippen LogP contribution >= 0.6 is 11.6 Å². The van der Waals surface area contributed by atoms with E-state index in [1.807, 2.05) is 44.2 Å². The van der Waals surface area contributed by atoms with E-state index in [2.05, 4.69) is 15.3 Å². The lowest BCUT2D eigenvalue weighted by atomic mass is 9.93. The molecule has 0 saturated heterocycles. The van der Waals surface area contributed by atoms with Crippen LogP contribution < -0.4 is 10.1 Å². The Bertz CT molecular complexity index is 768. The highest BCUT2D eigenvalue weighted by Gasteiger charge is 2.24. The lowest BCUT2D eigenvalue weighted by molar-refractivity contribution is -0.122. The van der Waals surface area contributed by atoms with Crippen molar-refractivity contribution in [2.45, 2.75) is 64.5 Å². The number of hydrogen-bond donors (Lipinski definition) is 1. The highest BCUT2D eigenvalue weighted by molar-refractivity contribution is 6.30. The van der Waals surface area contributed by atoms with Gasteiger partial charge in [0.1, 0.15) is 6.10 Å². The molecular weight excluding hydrogens is 362 g/mol. The van der Waals surface area contributed by atoms with Crippen molar-refractivity contribution in [3.63, 3.8) is 0 Å². The van der Waals surface area contributed by atoms with E-state index in [0.29, 0.717) is 23.9 Å². The van der Waals surface area contributed by atoms with Gasteiger partial charge in [0, 0.05) is 28.9 Å². The minimum atomic E-state index is 0.0944. The van der Waals surface area contributed by atoms with E-state index in [-0.39, 0.29) is 18.1 Å². The molecule has 3 rings (SSSR count). The van der Waals surface area contributed by atoms with Crippen LogP contribution in [0.15, 0.2) is 30.3 Å². The van der Waals surface area contributed by atoms with Crippen LogP contribution in [0.5, 0.6) is 6.01 Å². The van der Waals surface area contributed by atoms with Gasteiger partial charge in [-0.05, 0) is 69.7 Å². The lowest BCUT2D eigenvalue weighted by Crippen LogP contribution is -2.39. The third-order valence-corrected chi connectivity index (χ3v) is 5.04. The smallest absolute Gasteiger partial charge is 0.317 e.